The molecule has 1 atom stereocenters. The second-order valence-electron chi connectivity index (χ2n) is 8.36. The van der Waals surface area contributed by atoms with Crippen molar-refractivity contribution in [1.82, 2.24) is 20.4 Å². The standard InChI is InChI=1S/C23H32N6/c24-21-16-20(22-23(26-21)28-29-27-22)18(14-13-17-8-3-1-4-9-17)10-7-15-25-19-11-5-2-6-12-19/h2,5-6,11-12,16-18,25H,1,3-4,7-10,13-15H2,(H3,24,26,27,28,29). The summed E-state index contributed by atoms with van der Waals surface area (Å²) in [6.45, 7) is 0.965. The van der Waals surface area contributed by atoms with E-state index in [1.807, 2.05) is 12.1 Å². The number of H-pyrrole nitrogens is 1. The lowest BCUT2D eigenvalue weighted by atomic mass is 9.81. The molecule has 1 unspecified atom stereocenters. The van der Waals surface area contributed by atoms with Crippen molar-refractivity contribution in [3.8, 4) is 0 Å². The molecule has 154 valence electrons. The molecule has 0 amide bonds. The Morgan fingerprint density at radius 1 is 1.10 bits per heavy atom. The first-order valence-corrected chi connectivity index (χ1v) is 11.1. The molecule has 1 fully saturated rings. The fourth-order valence-electron chi connectivity index (χ4n) is 4.70. The van der Waals surface area contributed by atoms with Crippen molar-refractivity contribution < 1.29 is 0 Å². The van der Waals surface area contributed by atoms with Gasteiger partial charge in [-0.05, 0) is 61.3 Å². The van der Waals surface area contributed by atoms with Gasteiger partial charge in [0.25, 0.3) is 0 Å². The molecule has 4 rings (SSSR count). The molecule has 0 radical (unpaired) electrons. The van der Waals surface area contributed by atoms with Crippen molar-refractivity contribution in [3.05, 3.63) is 42.0 Å². The van der Waals surface area contributed by atoms with Crippen LogP contribution in [-0.4, -0.2) is 26.9 Å². The molecule has 0 spiro atoms. The minimum Gasteiger partial charge on any atom is -0.385 e. The van der Waals surface area contributed by atoms with Crippen molar-refractivity contribution in [2.24, 2.45) is 5.92 Å². The highest BCUT2D eigenvalue weighted by Gasteiger charge is 2.21. The smallest absolute Gasteiger partial charge is 0.178 e. The summed E-state index contributed by atoms with van der Waals surface area (Å²) >= 11 is 0. The van der Waals surface area contributed by atoms with Gasteiger partial charge in [0.1, 0.15) is 11.3 Å². The maximum Gasteiger partial charge on any atom is 0.178 e. The van der Waals surface area contributed by atoms with E-state index in [1.165, 1.54) is 56.2 Å². The molecule has 0 aliphatic heterocycles. The molecular weight excluding hydrogens is 360 g/mol. The van der Waals surface area contributed by atoms with Crippen LogP contribution in [0.5, 0.6) is 0 Å². The summed E-state index contributed by atoms with van der Waals surface area (Å²) in [5.41, 5.74) is 10.1. The Hall–Kier alpha value is -2.63. The zero-order chi connectivity index (χ0) is 19.9. The molecule has 2 aromatic heterocycles. The Labute approximate surface area is 172 Å². The Morgan fingerprint density at radius 2 is 1.93 bits per heavy atom. The third-order valence-corrected chi connectivity index (χ3v) is 6.27. The summed E-state index contributed by atoms with van der Waals surface area (Å²) in [5.74, 6) is 1.86. The van der Waals surface area contributed by atoms with Crippen LogP contribution in [-0.2, 0) is 0 Å². The van der Waals surface area contributed by atoms with Gasteiger partial charge in [-0.25, -0.2) is 10.1 Å². The van der Waals surface area contributed by atoms with E-state index in [1.54, 1.807) is 0 Å². The van der Waals surface area contributed by atoms with E-state index in [-0.39, 0.29) is 0 Å². The first-order valence-electron chi connectivity index (χ1n) is 11.1. The second-order valence-corrected chi connectivity index (χ2v) is 8.36. The summed E-state index contributed by atoms with van der Waals surface area (Å²) in [6, 6.07) is 12.4. The van der Waals surface area contributed by atoms with Crippen LogP contribution >= 0.6 is 0 Å². The van der Waals surface area contributed by atoms with E-state index >= 15 is 0 Å². The number of pyridine rings is 1. The lowest BCUT2D eigenvalue weighted by Gasteiger charge is -2.25. The van der Waals surface area contributed by atoms with E-state index in [4.69, 9.17) is 5.73 Å². The third kappa shape index (κ3) is 5.25. The van der Waals surface area contributed by atoms with Gasteiger partial charge in [0.2, 0.25) is 0 Å². The number of hydrogen-bond acceptors (Lipinski definition) is 5. The number of benzene rings is 1. The van der Waals surface area contributed by atoms with E-state index < -0.39 is 0 Å². The molecule has 0 saturated heterocycles. The average Bonchev–Trinajstić information content (AvgIpc) is 3.22. The quantitative estimate of drug-likeness (QED) is 0.431. The van der Waals surface area contributed by atoms with Crippen molar-refractivity contribution in [2.45, 2.75) is 63.7 Å². The van der Waals surface area contributed by atoms with Crippen LogP contribution in [0, 0.1) is 5.92 Å². The molecule has 6 nitrogen and oxygen atoms in total. The molecule has 0 bridgehead atoms. The van der Waals surface area contributed by atoms with Gasteiger partial charge in [-0.3, -0.25) is 0 Å². The van der Waals surface area contributed by atoms with Crippen LogP contribution in [0.25, 0.3) is 11.2 Å². The predicted molar refractivity (Wildman–Crippen MR) is 119 cm³/mol. The Bertz CT molecular complexity index is 885. The Balaban J connectivity index is 1.43. The number of nitrogens with two attached hydrogens (primary N) is 1. The van der Waals surface area contributed by atoms with Gasteiger partial charge in [0, 0.05) is 12.2 Å². The van der Waals surface area contributed by atoms with Gasteiger partial charge in [-0.15, -0.1) is 5.10 Å². The summed E-state index contributed by atoms with van der Waals surface area (Å²) < 4.78 is 0. The number of nitrogens with zero attached hydrogens (tertiary/aromatic N) is 3. The van der Waals surface area contributed by atoms with Crippen molar-refractivity contribution >= 4 is 22.7 Å². The van der Waals surface area contributed by atoms with E-state index in [0.717, 1.165) is 30.8 Å². The van der Waals surface area contributed by atoms with Crippen LogP contribution in [0.2, 0.25) is 0 Å². The molecule has 4 N–H and O–H groups in total. The van der Waals surface area contributed by atoms with Crippen molar-refractivity contribution in [1.29, 1.82) is 0 Å². The van der Waals surface area contributed by atoms with Gasteiger partial charge in [0.15, 0.2) is 5.65 Å². The number of anilines is 2. The van der Waals surface area contributed by atoms with E-state index in [0.29, 0.717) is 17.4 Å². The summed E-state index contributed by atoms with van der Waals surface area (Å²) in [5, 5.41) is 14.7. The fraction of sp³-hybridized carbons (Fsp3) is 0.522. The SMILES string of the molecule is Nc1cc(C(CCCNc2ccccc2)CCC2CCCCC2)c2nn[nH]c2n1. The molecule has 2 heterocycles. The van der Waals surface area contributed by atoms with Crippen LogP contribution in [0.15, 0.2) is 36.4 Å². The van der Waals surface area contributed by atoms with Crippen molar-refractivity contribution in [2.75, 3.05) is 17.6 Å². The Morgan fingerprint density at radius 3 is 2.76 bits per heavy atom. The van der Waals surface area contributed by atoms with Gasteiger partial charge < -0.3 is 11.1 Å². The highest BCUT2D eigenvalue weighted by atomic mass is 15.3. The highest BCUT2D eigenvalue weighted by Crippen LogP contribution is 2.35. The second kappa shape index (κ2) is 9.72. The average molecular weight is 393 g/mol. The molecule has 6 heteroatoms. The number of fused-ring (bicyclic) bond motifs is 1. The first-order chi connectivity index (χ1) is 14.3. The summed E-state index contributed by atoms with van der Waals surface area (Å²) in [4.78, 5) is 4.35. The normalized spacial score (nSPS) is 16.1. The zero-order valence-electron chi connectivity index (χ0n) is 17.1. The van der Waals surface area contributed by atoms with Crippen molar-refractivity contribution in [3.63, 3.8) is 0 Å². The fourth-order valence-corrected chi connectivity index (χ4v) is 4.70. The molecule has 1 aromatic carbocycles. The monoisotopic (exact) mass is 392 g/mol. The first kappa shape index (κ1) is 19.7. The van der Waals surface area contributed by atoms with Crippen LogP contribution in [0.4, 0.5) is 11.5 Å². The Kier molecular flexibility index (Phi) is 6.60. The van der Waals surface area contributed by atoms with E-state index in [2.05, 4.69) is 50.0 Å². The minimum atomic E-state index is 0.437. The van der Waals surface area contributed by atoms with Gasteiger partial charge in [-0.2, -0.15) is 0 Å². The molecular formula is C23H32N6. The van der Waals surface area contributed by atoms with Gasteiger partial charge in [-0.1, -0.05) is 55.5 Å². The number of para-hydroxylation sites is 1. The van der Waals surface area contributed by atoms with Gasteiger partial charge >= 0.3 is 0 Å². The number of nitrogen functional groups attached to an aromatic ring is 1. The molecule has 29 heavy (non-hydrogen) atoms. The molecule has 1 saturated carbocycles. The largest absolute Gasteiger partial charge is 0.385 e. The third-order valence-electron chi connectivity index (χ3n) is 6.27. The summed E-state index contributed by atoms with van der Waals surface area (Å²) in [7, 11) is 0. The molecule has 1 aliphatic carbocycles. The lowest BCUT2D eigenvalue weighted by Crippen LogP contribution is -2.11. The number of nitrogens with one attached hydrogen (secondary N) is 2. The van der Waals surface area contributed by atoms with E-state index in [9.17, 15) is 0 Å². The number of hydrogen-bond donors (Lipinski definition) is 3. The number of aromatic nitrogens is 4. The highest BCUT2D eigenvalue weighted by molar-refractivity contribution is 5.76. The topological polar surface area (TPSA) is 92.5 Å². The van der Waals surface area contributed by atoms with Crippen LogP contribution in [0.3, 0.4) is 0 Å². The number of rotatable bonds is 9. The zero-order valence-corrected chi connectivity index (χ0v) is 17.1. The summed E-state index contributed by atoms with van der Waals surface area (Å²) in [6.07, 6.45) is 11.7. The maximum absolute atomic E-state index is 6.09. The molecule has 3 aromatic rings. The van der Waals surface area contributed by atoms with Crippen LogP contribution < -0.4 is 11.1 Å². The maximum atomic E-state index is 6.09. The minimum absolute atomic E-state index is 0.437. The number of aromatic amines is 1. The van der Waals surface area contributed by atoms with Crippen LogP contribution in [0.1, 0.15) is 69.3 Å². The lowest BCUT2D eigenvalue weighted by molar-refractivity contribution is 0.320. The van der Waals surface area contributed by atoms with Gasteiger partial charge in [0.05, 0.1) is 0 Å². The molecule has 1 aliphatic rings. The predicted octanol–water partition coefficient (Wildman–Crippen LogP) is 5.27.